The third kappa shape index (κ3) is 2.64. The number of halogens is 2. The average molecular weight is 206 g/mol. The monoisotopic (exact) mass is 206 g/mol. The average Bonchev–Trinajstić information content (AvgIpc) is 2.11. The van der Waals surface area contributed by atoms with Gasteiger partial charge in [-0.2, -0.15) is 8.78 Å². The van der Waals surface area contributed by atoms with Crippen LogP contribution in [0.25, 0.3) is 0 Å². The maximum absolute atomic E-state index is 12.0. The van der Waals surface area contributed by atoms with Crippen molar-refractivity contribution in [2.45, 2.75) is 51.6 Å². The molecule has 1 amide bonds. The smallest absolute Gasteiger partial charge is 0.283 e. The van der Waals surface area contributed by atoms with Gasteiger partial charge >= 0.3 is 12.3 Å². The van der Waals surface area contributed by atoms with Crippen molar-refractivity contribution in [3.63, 3.8) is 0 Å². The summed E-state index contributed by atoms with van der Waals surface area (Å²) in [5, 5.41) is 1.64. The van der Waals surface area contributed by atoms with Crippen LogP contribution in [0.4, 0.5) is 8.78 Å². The van der Waals surface area contributed by atoms with E-state index in [1.54, 1.807) is 5.01 Å². The zero-order valence-electron chi connectivity index (χ0n) is 8.46. The van der Waals surface area contributed by atoms with Crippen molar-refractivity contribution in [1.29, 1.82) is 0 Å². The van der Waals surface area contributed by atoms with E-state index in [-0.39, 0.29) is 12.1 Å². The van der Waals surface area contributed by atoms with E-state index in [1.165, 1.54) is 0 Å². The van der Waals surface area contributed by atoms with Crippen LogP contribution in [0.15, 0.2) is 0 Å². The number of alkyl halides is 2. The van der Waals surface area contributed by atoms with E-state index in [2.05, 4.69) is 5.43 Å². The van der Waals surface area contributed by atoms with Gasteiger partial charge in [-0.1, -0.05) is 6.42 Å². The molecule has 1 saturated heterocycles. The van der Waals surface area contributed by atoms with Gasteiger partial charge in [0.2, 0.25) is 0 Å². The second-order valence-electron chi connectivity index (χ2n) is 3.81. The molecule has 0 spiro atoms. The maximum atomic E-state index is 12.0. The number of piperidine rings is 1. The van der Waals surface area contributed by atoms with Crippen molar-refractivity contribution in [3.05, 3.63) is 0 Å². The first-order valence-electron chi connectivity index (χ1n) is 4.89. The standard InChI is InChI=1S/C9H16F2N2O/c1-6-4-3-5-7(2)13(6)12-9(14)8(10)11/h6-8H,3-5H2,1-2H3,(H,12,14). The SMILES string of the molecule is CC1CCCC(C)N1NC(=O)C(F)F. The molecule has 2 unspecified atom stereocenters. The Hall–Kier alpha value is -0.710. The van der Waals surface area contributed by atoms with Gasteiger partial charge in [0.15, 0.2) is 0 Å². The van der Waals surface area contributed by atoms with E-state index in [0.29, 0.717) is 0 Å². The zero-order chi connectivity index (χ0) is 10.7. The van der Waals surface area contributed by atoms with E-state index < -0.39 is 12.3 Å². The van der Waals surface area contributed by atoms with Crippen molar-refractivity contribution < 1.29 is 13.6 Å². The highest BCUT2D eigenvalue weighted by atomic mass is 19.3. The molecule has 1 heterocycles. The summed E-state index contributed by atoms with van der Waals surface area (Å²) in [5.74, 6) is -1.20. The first-order chi connectivity index (χ1) is 6.52. The number of hydrogen-bond acceptors (Lipinski definition) is 2. The van der Waals surface area contributed by atoms with Crippen molar-refractivity contribution >= 4 is 5.91 Å². The van der Waals surface area contributed by atoms with Crippen LogP contribution in [-0.4, -0.2) is 29.4 Å². The predicted octanol–water partition coefficient (Wildman–Crippen LogP) is 1.55. The van der Waals surface area contributed by atoms with Gasteiger partial charge in [0.05, 0.1) is 0 Å². The lowest BCUT2D eigenvalue weighted by Crippen LogP contribution is -2.55. The fourth-order valence-electron chi connectivity index (χ4n) is 1.82. The van der Waals surface area contributed by atoms with Crippen LogP contribution in [0.1, 0.15) is 33.1 Å². The molecule has 1 fully saturated rings. The van der Waals surface area contributed by atoms with Gasteiger partial charge in [0.25, 0.3) is 0 Å². The molecule has 1 rings (SSSR count). The van der Waals surface area contributed by atoms with Crippen molar-refractivity contribution in [3.8, 4) is 0 Å². The number of nitrogens with zero attached hydrogens (tertiary/aromatic N) is 1. The number of carbonyl (C=O) groups excluding carboxylic acids is 1. The summed E-state index contributed by atoms with van der Waals surface area (Å²) in [6.07, 6.45) is 0.0294. The highest BCUT2D eigenvalue weighted by Gasteiger charge is 2.28. The van der Waals surface area contributed by atoms with Crippen LogP contribution in [0, 0.1) is 0 Å². The Morgan fingerprint density at radius 2 is 1.86 bits per heavy atom. The lowest BCUT2D eigenvalue weighted by Gasteiger charge is -2.38. The summed E-state index contributed by atoms with van der Waals surface area (Å²) in [6.45, 7) is 3.86. The number of nitrogens with one attached hydrogen (secondary N) is 1. The summed E-state index contributed by atoms with van der Waals surface area (Å²) in [6, 6.07) is 0.280. The molecule has 3 nitrogen and oxygen atoms in total. The molecule has 0 saturated carbocycles. The van der Waals surface area contributed by atoms with E-state index in [9.17, 15) is 13.6 Å². The van der Waals surface area contributed by atoms with E-state index in [1.807, 2.05) is 13.8 Å². The van der Waals surface area contributed by atoms with Gasteiger partial charge in [0.1, 0.15) is 0 Å². The Morgan fingerprint density at radius 1 is 1.36 bits per heavy atom. The van der Waals surface area contributed by atoms with E-state index >= 15 is 0 Å². The van der Waals surface area contributed by atoms with Crippen LogP contribution in [0.5, 0.6) is 0 Å². The molecule has 0 bridgehead atoms. The predicted molar refractivity (Wildman–Crippen MR) is 48.8 cm³/mol. The fourth-order valence-corrected chi connectivity index (χ4v) is 1.82. The second-order valence-corrected chi connectivity index (χ2v) is 3.81. The van der Waals surface area contributed by atoms with Crippen molar-refractivity contribution in [1.82, 2.24) is 10.4 Å². The molecule has 1 aliphatic heterocycles. The maximum Gasteiger partial charge on any atom is 0.316 e. The minimum atomic E-state index is -2.93. The Bertz CT molecular complexity index is 201. The van der Waals surface area contributed by atoms with Crippen LogP contribution in [-0.2, 0) is 4.79 Å². The van der Waals surface area contributed by atoms with Gasteiger partial charge in [-0.3, -0.25) is 10.2 Å². The topological polar surface area (TPSA) is 32.3 Å². The number of rotatable bonds is 2. The number of hydrogen-bond donors (Lipinski definition) is 1. The Labute approximate surface area is 82.4 Å². The molecule has 0 aromatic heterocycles. The highest BCUT2D eigenvalue weighted by Crippen LogP contribution is 2.20. The fraction of sp³-hybridized carbons (Fsp3) is 0.889. The first kappa shape index (κ1) is 11.4. The van der Waals surface area contributed by atoms with E-state index in [4.69, 9.17) is 0 Å². The van der Waals surface area contributed by atoms with Gasteiger partial charge < -0.3 is 0 Å². The lowest BCUT2D eigenvalue weighted by molar-refractivity contribution is -0.140. The summed E-state index contributed by atoms with van der Waals surface area (Å²) >= 11 is 0. The van der Waals surface area contributed by atoms with Gasteiger partial charge in [0, 0.05) is 12.1 Å². The molecule has 14 heavy (non-hydrogen) atoms. The third-order valence-corrected chi connectivity index (χ3v) is 2.63. The quantitative estimate of drug-likeness (QED) is 0.743. The van der Waals surface area contributed by atoms with Gasteiger partial charge in [-0.25, -0.2) is 5.01 Å². The molecule has 2 atom stereocenters. The second kappa shape index (κ2) is 4.68. The van der Waals surface area contributed by atoms with Crippen LogP contribution in [0.3, 0.4) is 0 Å². The Morgan fingerprint density at radius 3 is 2.29 bits per heavy atom. The van der Waals surface area contributed by atoms with Gasteiger partial charge in [-0.05, 0) is 26.7 Å². The molecule has 82 valence electrons. The molecule has 5 heteroatoms. The molecule has 1 aliphatic rings. The summed E-state index contributed by atoms with van der Waals surface area (Å²) < 4.78 is 24.0. The minimum absolute atomic E-state index is 0.140. The molecule has 0 aliphatic carbocycles. The summed E-state index contributed by atoms with van der Waals surface area (Å²) in [5.41, 5.74) is 2.26. The van der Waals surface area contributed by atoms with Crippen LogP contribution < -0.4 is 5.43 Å². The number of hydrazine groups is 1. The lowest BCUT2D eigenvalue weighted by atomic mass is 10.00. The molecular formula is C9H16F2N2O. The Balaban J connectivity index is 2.52. The van der Waals surface area contributed by atoms with Crippen molar-refractivity contribution in [2.24, 2.45) is 0 Å². The Kier molecular flexibility index (Phi) is 3.80. The molecule has 0 aromatic carbocycles. The number of carbonyl (C=O) groups is 1. The van der Waals surface area contributed by atoms with Gasteiger partial charge in [-0.15, -0.1) is 0 Å². The third-order valence-electron chi connectivity index (χ3n) is 2.63. The zero-order valence-corrected chi connectivity index (χ0v) is 8.46. The van der Waals surface area contributed by atoms with Crippen LogP contribution in [0.2, 0.25) is 0 Å². The van der Waals surface area contributed by atoms with Crippen molar-refractivity contribution in [2.75, 3.05) is 0 Å². The molecule has 0 radical (unpaired) electrons. The largest absolute Gasteiger partial charge is 0.316 e. The first-order valence-corrected chi connectivity index (χ1v) is 4.89. The van der Waals surface area contributed by atoms with E-state index in [0.717, 1.165) is 19.3 Å². The number of amides is 1. The highest BCUT2D eigenvalue weighted by molar-refractivity contribution is 5.78. The normalized spacial score (nSPS) is 29.2. The molecular weight excluding hydrogens is 190 g/mol. The van der Waals surface area contributed by atoms with Crippen LogP contribution >= 0.6 is 0 Å². The minimum Gasteiger partial charge on any atom is -0.283 e. The summed E-state index contributed by atoms with van der Waals surface area (Å²) in [4.78, 5) is 10.8. The molecule has 1 N–H and O–H groups in total. The molecule has 0 aromatic rings. The summed E-state index contributed by atoms with van der Waals surface area (Å²) in [7, 11) is 0.